The normalized spacial score (nSPS) is 30.4. The summed E-state index contributed by atoms with van der Waals surface area (Å²) < 4.78 is 5.63. The lowest BCUT2D eigenvalue weighted by atomic mass is 9.87. The SMILES string of the molecule is CC1N=C(C2CC2)c2ccccc2C1N1CCCOCC1. The Balaban J connectivity index is 1.71. The molecule has 1 aliphatic carbocycles. The van der Waals surface area contributed by atoms with Gasteiger partial charge in [0.15, 0.2) is 0 Å². The standard InChI is InChI=1S/C18H24N2O/c1-13-18(20-9-4-11-21-12-10-20)16-6-3-2-5-15(16)17(19-13)14-7-8-14/h2-3,5-6,13-14,18H,4,7-12H2,1H3. The average Bonchev–Trinajstić information content (AvgIpc) is 3.34. The molecule has 2 fully saturated rings. The zero-order valence-corrected chi connectivity index (χ0v) is 12.8. The first-order valence-corrected chi connectivity index (χ1v) is 8.33. The number of benzene rings is 1. The molecule has 2 unspecified atom stereocenters. The minimum Gasteiger partial charge on any atom is -0.380 e. The minimum atomic E-state index is 0.355. The molecule has 1 saturated heterocycles. The van der Waals surface area contributed by atoms with Crippen LogP contribution in [0.25, 0.3) is 0 Å². The zero-order valence-electron chi connectivity index (χ0n) is 12.8. The van der Waals surface area contributed by atoms with Crippen LogP contribution in [-0.2, 0) is 4.74 Å². The fourth-order valence-corrected chi connectivity index (χ4v) is 3.84. The van der Waals surface area contributed by atoms with E-state index in [4.69, 9.17) is 9.73 Å². The molecule has 0 amide bonds. The van der Waals surface area contributed by atoms with Gasteiger partial charge in [-0.3, -0.25) is 9.89 Å². The van der Waals surface area contributed by atoms with Crippen molar-refractivity contribution in [3.05, 3.63) is 35.4 Å². The van der Waals surface area contributed by atoms with Crippen LogP contribution >= 0.6 is 0 Å². The molecule has 3 nitrogen and oxygen atoms in total. The van der Waals surface area contributed by atoms with E-state index in [0.29, 0.717) is 12.1 Å². The van der Waals surface area contributed by atoms with Crippen molar-refractivity contribution in [3.63, 3.8) is 0 Å². The van der Waals surface area contributed by atoms with Gasteiger partial charge in [0.25, 0.3) is 0 Å². The second-order valence-electron chi connectivity index (χ2n) is 6.56. The van der Waals surface area contributed by atoms with Crippen LogP contribution in [0.2, 0.25) is 0 Å². The van der Waals surface area contributed by atoms with Crippen LogP contribution in [0.1, 0.15) is 43.4 Å². The van der Waals surface area contributed by atoms with Gasteiger partial charge in [0.2, 0.25) is 0 Å². The lowest BCUT2D eigenvalue weighted by molar-refractivity contribution is 0.126. The molecule has 0 spiro atoms. The van der Waals surface area contributed by atoms with Crippen LogP contribution in [0.4, 0.5) is 0 Å². The quantitative estimate of drug-likeness (QED) is 0.834. The van der Waals surface area contributed by atoms with Gasteiger partial charge in [-0.05, 0) is 31.7 Å². The summed E-state index contributed by atoms with van der Waals surface area (Å²) in [6.45, 7) is 6.18. The summed E-state index contributed by atoms with van der Waals surface area (Å²) >= 11 is 0. The first-order chi connectivity index (χ1) is 10.3. The molecule has 0 radical (unpaired) electrons. The van der Waals surface area contributed by atoms with E-state index in [0.717, 1.165) is 38.6 Å². The Bertz CT molecular complexity index is 542. The average molecular weight is 284 g/mol. The molecule has 4 rings (SSSR count). The Labute approximate surface area is 127 Å². The van der Waals surface area contributed by atoms with Crippen LogP contribution in [0.15, 0.2) is 29.3 Å². The van der Waals surface area contributed by atoms with E-state index < -0.39 is 0 Å². The van der Waals surface area contributed by atoms with Gasteiger partial charge in [-0.25, -0.2) is 0 Å². The van der Waals surface area contributed by atoms with E-state index in [-0.39, 0.29) is 0 Å². The van der Waals surface area contributed by atoms with Crippen molar-refractivity contribution in [2.24, 2.45) is 10.9 Å². The van der Waals surface area contributed by atoms with Crippen molar-refractivity contribution in [2.75, 3.05) is 26.3 Å². The molecule has 2 aliphatic heterocycles. The third-order valence-corrected chi connectivity index (χ3v) is 4.97. The molecular weight excluding hydrogens is 260 g/mol. The third kappa shape index (κ3) is 2.53. The van der Waals surface area contributed by atoms with Crippen LogP contribution in [0, 0.1) is 5.92 Å². The zero-order chi connectivity index (χ0) is 14.2. The number of ether oxygens (including phenoxy) is 1. The van der Waals surface area contributed by atoms with Crippen LogP contribution in [0.5, 0.6) is 0 Å². The maximum absolute atomic E-state index is 5.63. The van der Waals surface area contributed by atoms with E-state index in [9.17, 15) is 0 Å². The van der Waals surface area contributed by atoms with Crippen molar-refractivity contribution in [2.45, 2.75) is 38.3 Å². The van der Waals surface area contributed by atoms with Crippen molar-refractivity contribution in [1.29, 1.82) is 0 Å². The van der Waals surface area contributed by atoms with Gasteiger partial charge < -0.3 is 4.74 Å². The highest BCUT2D eigenvalue weighted by molar-refractivity contribution is 6.05. The van der Waals surface area contributed by atoms with Crippen LogP contribution < -0.4 is 0 Å². The lowest BCUT2D eigenvalue weighted by Crippen LogP contribution is -2.40. The highest BCUT2D eigenvalue weighted by Gasteiger charge is 2.37. The molecule has 3 heteroatoms. The molecule has 0 aromatic heterocycles. The van der Waals surface area contributed by atoms with Crippen molar-refractivity contribution < 1.29 is 4.74 Å². The van der Waals surface area contributed by atoms with E-state index in [1.807, 2.05) is 0 Å². The first-order valence-electron chi connectivity index (χ1n) is 8.33. The van der Waals surface area contributed by atoms with Gasteiger partial charge in [0, 0.05) is 36.9 Å². The molecule has 21 heavy (non-hydrogen) atoms. The molecule has 112 valence electrons. The largest absolute Gasteiger partial charge is 0.380 e. The monoisotopic (exact) mass is 284 g/mol. The van der Waals surface area contributed by atoms with E-state index in [1.54, 1.807) is 0 Å². The van der Waals surface area contributed by atoms with Crippen molar-refractivity contribution in [3.8, 4) is 0 Å². The second-order valence-corrected chi connectivity index (χ2v) is 6.56. The predicted octanol–water partition coefficient (Wildman–Crippen LogP) is 3.05. The molecular formula is C18H24N2O. The summed E-state index contributed by atoms with van der Waals surface area (Å²) in [7, 11) is 0. The van der Waals surface area contributed by atoms with Gasteiger partial charge >= 0.3 is 0 Å². The maximum Gasteiger partial charge on any atom is 0.0672 e. The number of nitrogens with zero attached hydrogens (tertiary/aromatic N) is 2. The van der Waals surface area contributed by atoms with Gasteiger partial charge in [-0.2, -0.15) is 0 Å². The summed E-state index contributed by atoms with van der Waals surface area (Å²) in [5, 5.41) is 0. The predicted molar refractivity (Wildman–Crippen MR) is 84.9 cm³/mol. The third-order valence-electron chi connectivity index (χ3n) is 4.97. The highest BCUT2D eigenvalue weighted by Crippen LogP contribution is 2.41. The molecule has 2 atom stereocenters. The van der Waals surface area contributed by atoms with Crippen molar-refractivity contribution in [1.82, 2.24) is 4.90 Å². The Hall–Kier alpha value is -1.19. The number of rotatable bonds is 2. The Morgan fingerprint density at radius 1 is 1.14 bits per heavy atom. The van der Waals surface area contributed by atoms with Gasteiger partial charge in [0.05, 0.1) is 18.7 Å². The number of hydrogen-bond acceptors (Lipinski definition) is 3. The van der Waals surface area contributed by atoms with Gasteiger partial charge in [-0.1, -0.05) is 24.3 Å². The summed E-state index contributed by atoms with van der Waals surface area (Å²) in [6.07, 6.45) is 3.77. The molecule has 2 heterocycles. The first kappa shape index (κ1) is 13.5. The number of aliphatic imine (C=N–C) groups is 1. The molecule has 3 aliphatic rings. The Morgan fingerprint density at radius 3 is 2.86 bits per heavy atom. The fourth-order valence-electron chi connectivity index (χ4n) is 3.84. The second kappa shape index (κ2) is 5.54. The molecule has 1 aromatic carbocycles. The molecule has 0 N–H and O–H groups in total. The molecule has 1 aromatic rings. The van der Waals surface area contributed by atoms with E-state index >= 15 is 0 Å². The summed E-state index contributed by atoms with van der Waals surface area (Å²) in [6, 6.07) is 9.72. The summed E-state index contributed by atoms with van der Waals surface area (Å²) in [5.74, 6) is 0.724. The van der Waals surface area contributed by atoms with Crippen LogP contribution in [0.3, 0.4) is 0 Å². The maximum atomic E-state index is 5.63. The van der Waals surface area contributed by atoms with Crippen molar-refractivity contribution >= 4 is 5.71 Å². The Morgan fingerprint density at radius 2 is 2.00 bits per heavy atom. The highest BCUT2D eigenvalue weighted by atomic mass is 16.5. The lowest BCUT2D eigenvalue weighted by Gasteiger charge is -2.38. The molecule has 0 bridgehead atoms. The number of hydrogen-bond donors (Lipinski definition) is 0. The van der Waals surface area contributed by atoms with E-state index in [2.05, 4.69) is 36.1 Å². The van der Waals surface area contributed by atoms with Crippen LogP contribution in [-0.4, -0.2) is 43.0 Å². The molecule has 1 saturated carbocycles. The topological polar surface area (TPSA) is 24.8 Å². The van der Waals surface area contributed by atoms with Gasteiger partial charge in [0.1, 0.15) is 0 Å². The van der Waals surface area contributed by atoms with Gasteiger partial charge in [-0.15, -0.1) is 0 Å². The summed E-state index contributed by atoms with van der Waals surface area (Å²) in [4.78, 5) is 7.69. The smallest absolute Gasteiger partial charge is 0.0672 e. The fraction of sp³-hybridized carbons (Fsp3) is 0.611. The van der Waals surface area contributed by atoms with E-state index in [1.165, 1.54) is 29.7 Å². The summed E-state index contributed by atoms with van der Waals surface area (Å²) in [5.41, 5.74) is 4.28. The minimum absolute atomic E-state index is 0.355. The Kier molecular flexibility index (Phi) is 3.56. The number of fused-ring (bicyclic) bond motifs is 1.